The minimum Gasteiger partial charge on any atom is -0.452 e. The van der Waals surface area contributed by atoms with E-state index < -0.39 is 16.1 Å². The molecule has 1 fully saturated rings. The molecule has 1 aromatic rings. The molecule has 1 aromatic carbocycles. The number of amides is 2. The maximum Gasteiger partial charge on any atom is 0.414 e. The molecule has 2 rings (SSSR count). The lowest BCUT2D eigenvalue weighted by Gasteiger charge is -2.25. The van der Waals surface area contributed by atoms with Crippen molar-refractivity contribution in [1.29, 1.82) is 0 Å². The van der Waals surface area contributed by atoms with Crippen molar-refractivity contribution < 1.29 is 22.7 Å². The Bertz CT molecular complexity index is 712. The number of ether oxygens (including phenoxy) is 1. The van der Waals surface area contributed by atoms with Crippen molar-refractivity contribution in [2.45, 2.75) is 43.0 Å². The molecule has 25 heavy (non-hydrogen) atoms. The van der Waals surface area contributed by atoms with Gasteiger partial charge in [-0.1, -0.05) is 19.3 Å². The molecule has 1 aliphatic rings. The smallest absolute Gasteiger partial charge is 0.414 e. The van der Waals surface area contributed by atoms with E-state index in [4.69, 9.17) is 9.88 Å². The first-order valence-electron chi connectivity index (χ1n) is 8.09. The van der Waals surface area contributed by atoms with Gasteiger partial charge >= 0.3 is 6.09 Å². The van der Waals surface area contributed by atoms with E-state index in [1.54, 1.807) is 0 Å². The van der Waals surface area contributed by atoms with Crippen LogP contribution in [0.1, 0.15) is 32.1 Å². The van der Waals surface area contributed by atoms with Crippen LogP contribution < -0.4 is 15.4 Å². The number of carbonyl (C=O) groups is 2. The Labute approximate surface area is 147 Å². The lowest BCUT2D eigenvalue weighted by molar-refractivity contribution is -0.120. The Morgan fingerprint density at radius 2 is 1.80 bits per heavy atom. The van der Waals surface area contributed by atoms with Crippen molar-refractivity contribution in [1.82, 2.24) is 5.32 Å². The fourth-order valence-electron chi connectivity index (χ4n) is 2.85. The summed E-state index contributed by atoms with van der Waals surface area (Å²) in [6.45, 7) is -0.210. The number of carbonyl (C=O) groups excluding carboxylic acids is 2. The SMILES string of the molecule is COC(=O)N(CC(=O)NC1CCCCC1)c1ccc(S(N)(=O)=O)cc1. The molecule has 0 aliphatic heterocycles. The van der Waals surface area contributed by atoms with Crippen LogP contribution in [0.15, 0.2) is 29.2 Å². The van der Waals surface area contributed by atoms with Crippen molar-refractivity contribution in [3.05, 3.63) is 24.3 Å². The highest BCUT2D eigenvalue weighted by molar-refractivity contribution is 7.89. The highest BCUT2D eigenvalue weighted by atomic mass is 32.2. The van der Waals surface area contributed by atoms with Crippen molar-refractivity contribution in [2.24, 2.45) is 5.14 Å². The summed E-state index contributed by atoms with van der Waals surface area (Å²) < 4.78 is 27.3. The number of sulfonamides is 1. The number of anilines is 1. The molecule has 0 spiro atoms. The van der Waals surface area contributed by atoms with Crippen LogP contribution in [0.5, 0.6) is 0 Å². The molecular formula is C16H23N3O5S. The molecule has 0 aromatic heterocycles. The molecule has 0 bridgehead atoms. The topological polar surface area (TPSA) is 119 Å². The van der Waals surface area contributed by atoms with Gasteiger partial charge < -0.3 is 10.1 Å². The van der Waals surface area contributed by atoms with Gasteiger partial charge in [0, 0.05) is 11.7 Å². The summed E-state index contributed by atoms with van der Waals surface area (Å²) >= 11 is 0. The third kappa shape index (κ3) is 5.43. The largest absolute Gasteiger partial charge is 0.452 e. The summed E-state index contributed by atoms with van der Waals surface area (Å²) in [6, 6.07) is 5.50. The minimum atomic E-state index is -3.83. The maximum atomic E-state index is 12.3. The summed E-state index contributed by atoms with van der Waals surface area (Å²) in [5.74, 6) is -0.284. The molecular weight excluding hydrogens is 346 g/mol. The molecule has 0 atom stereocenters. The Hall–Kier alpha value is -2.13. The summed E-state index contributed by atoms with van der Waals surface area (Å²) in [6.07, 6.45) is 4.51. The zero-order valence-corrected chi connectivity index (χ0v) is 14.9. The fourth-order valence-corrected chi connectivity index (χ4v) is 3.37. The number of primary sulfonamides is 1. The summed E-state index contributed by atoms with van der Waals surface area (Å²) in [5.41, 5.74) is 0.345. The van der Waals surface area contributed by atoms with E-state index in [0.717, 1.165) is 30.6 Å². The van der Waals surface area contributed by atoms with Crippen molar-refractivity contribution in [3.63, 3.8) is 0 Å². The maximum absolute atomic E-state index is 12.3. The van der Waals surface area contributed by atoms with Crippen molar-refractivity contribution in [2.75, 3.05) is 18.6 Å². The lowest BCUT2D eigenvalue weighted by atomic mass is 9.95. The number of nitrogens with two attached hydrogens (primary N) is 1. The third-order valence-electron chi connectivity index (χ3n) is 4.14. The van der Waals surface area contributed by atoms with Gasteiger partial charge in [0.05, 0.1) is 12.0 Å². The molecule has 0 heterocycles. The van der Waals surface area contributed by atoms with E-state index in [1.807, 2.05) is 0 Å². The standard InChI is InChI=1S/C16H23N3O5S/c1-24-16(21)19(11-15(20)18-12-5-3-2-4-6-12)13-7-9-14(10-8-13)25(17,22)23/h7-10,12H,2-6,11H2,1H3,(H,18,20)(H2,17,22,23). The first-order valence-corrected chi connectivity index (χ1v) is 9.63. The number of nitrogens with one attached hydrogen (secondary N) is 1. The number of hydrogen-bond acceptors (Lipinski definition) is 5. The van der Waals surface area contributed by atoms with Gasteiger partial charge in [-0.25, -0.2) is 18.4 Å². The Morgan fingerprint density at radius 3 is 2.32 bits per heavy atom. The third-order valence-corrected chi connectivity index (χ3v) is 5.07. The second kappa shape index (κ2) is 8.30. The zero-order chi connectivity index (χ0) is 18.4. The van der Waals surface area contributed by atoms with E-state index in [1.165, 1.54) is 37.8 Å². The van der Waals surface area contributed by atoms with E-state index in [-0.39, 0.29) is 23.4 Å². The lowest BCUT2D eigenvalue weighted by Crippen LogP contribution is -2.45. The van der Waals surface area contributed by atoms with E-state index in [2.05, 4.69) is 5.32 Å². The van der Waals surface area contributed by atoms with Gasteiger partial charge in [-0.15, -0.1) is 0 Å². The molecule has 1 aliphatic carbocycles. The van der Waals surface area contributed by atoms with Crippen LogP contribution in [0.2, 0.25) is 0 Å². The molecule has 9 heteroatoms. The minimum absolute atomic E-state index is 0.0762. The second-order valence-corrected chi connectivity index (χ2v) is 7.56. The van der Waals surface area contributed by atoms with Gasteiger partial charge in [-0.05, 0) is 37.1 Å². The predicted molar refractivity (Wildman–Crippen MR) is 92.6 cm³/mol. The van der Waals surface area contributed by atoms with Gasteiger partial charge in [-0.3, -0.25) is 9.69 Å². The van der Waals surface area contributed by atoms with Crippen LogP contribution in [-0.4, -0.2) is 40.1 Å². The van der Waals surface area contributed by atoms with Crippen LogP contribution in [0.25, 0.3) is 0 Å². The van der Waals surface area contributed by atoms with Crippen LogP contribution in [0, 0.1) is 0 Å². The number of hydrogen-bond donors (Lipinski definition) is 2. The monoisotopic (exact) mass is 369 g/mol. The summed E-state index contributed by atoms with van der Waals surface area (Å²) in [5, 5.41) is 7.99. The highest BCUT2D eigenvalue weighted by Crippen LogP contribution is 2.19. The number of nitrogens with zero attached hydrogens (tertiary/aromatic N) is 1. The van der Waals surface area contributed by atoms with Gasteiger partial charge in [0.15, 0.2) is 0 Å². The first-order chi connectivity index (χ1) is 11.8. The van der Waals surface area contributed by atoms with E-state index >= 15 is 0 Å². The van der Waals surface area contributed by atoms with E-state index in [0.29, 0.717) is 5.69 Å². The predicted octanol–water partition coefficient (Wildman–Crippen LogP) is 1.36. The van der Waals surface area contributed by atoms with Crippen LogP contribution in [0.3, 0.4) is 0 Å². The number of rotatable bonds is 5. The number of methoxy groups -OCH3 is 1. The van der Waals surface area contributed by atoms with Crippen LogP contribution in [-0.2, 0) is 19.6 Å². The molecule has 138 valence electrons. The van der Waals surface area contributed by atoms with Gasteiger partial charge in [0.25, 0.3) is 0 Å². The first kappa shape index (κ1) is 19.2. The van der Waals surface area contributed by atoms with Gasteiger partial charge in [-0.2, -0.15) is 0 Å². The Balaban J connectivity index is 2.10. The molecule has 2 amide bonds. The Morgan fingerprint density at radius 1 is 1.20 bits per heavy atom. The van der Waals surface area contributed by atoms with Crippen LogP contribution >= 0.6 is 0 Å². The molecule has 8 nitrogen and oxygen atoms in total. The van der Waals surface area contributed by atoms with Gasteiger partial charge in [0.1, 0.15) is 6.54 Å². The van der Waals surface area contributed by atoms with Crippen LogP contribution in [0.4, 0.5) is 10.5 Å². The summed E-state index contributed by atoms with van der Waals surface area (Å²) in [4.78, 5) is 25.3. The molecule has 0 radical (unpaired) electrons. The van der Waals surface area contributed by atoms with Crippen molar-refractivity contribution >= 4 is 27.7 Å². The molecule has 3 N–H and O–H groups in total. The number of benzene rings is 1. The molecule has 0 saturated heterocycles. The quantitative estimate of drug-likeness (QED) is 0.812. The zero-order valence-electron chi connectivity index (χ0n) is 14.1. The van der Waals surface area contributed by atoms with E-state index in [9.17, 15) is 18.0 Å². The molecule has 1 saturated carbocycles. The summed E-state index contributed by atoms with van der Waals surface area (Å²) in [7, 11) is -2.61. The average molecular weight is 369 g/mol. The average Bonchev–Trinajstić information content (AvgIpc) is 2.59. The second-order valence-electron chi connectivity index (χ2n) is 6.00. The normalized spacial score (nSPS) is 15.4. The fraction of sp³-hybridized carbons (Fsp3) is 0.500. The Kier molecular flexibility index (Phi) is 6.38. The highest BCUT2D eigenvalue weighted by Gasteiger charge is 2.22. The molecule has 0 unspecified atom stereocenters. The van der Waals surface area contributed by atoms with Crippen molar-refractivity contribution in [3.8, 4) is 0 Å². The van der Waals surface area contributed by atoms with Gasteiger partial charge in [0.2, 0.25) is 15.9 Å².